The highest BCUT2D eigenvalue weighted by Gasteiger charge is 2.26. The molecular formula is C15H16N4O4. The molecule has 0 aliphatic carbocycles. The lowest BCUT2D eigenvalue weighted by Gasteiger charge is -2.32. The molecule has 2 aromatic rings. The minimum absolute atomic E-state index is 0.0108. The summed E-state index contributed by atoms with van der Waals surface area (Å²) in [7, 11) is 0. The van der Waals surface area contributed by atoms with Gasteiger partial charge in [-0.3, -0.25) is 19.6 Å². The molecule has 0 aromatic carbocycles. The van der Waals surface area contributed by atoms with E-state index in [1.807, 2.05) is 4.98 Å². The number of ether oxygens (including phenoxy) is 1. The van der Waals surface area contributed by atoms with Gasteiger partial charge in [0.2, 0.25) is 0 Å². The normalized spacial score (nSPS) is 17.7. The quantitative estimate of drug-likeness (QED) is 0.837. The number of rotatable bonds is 3. The van der Waals surface area contributed by atoms with E-state index >= 15 is 0 Å². The molecule has 1 atom stereocenters. The Morgan fingerprint density at radius 1 is 1.26 bits per heavy atom. The SMILES string of the molecule is O=C(c1cc(=O)[nH]c(=O)[nH]1)N1CCCC(Oc2ccncc2)C1. The third kappa shape index (κ3) is 3.65. The lowest BCUT2D eigenvalue weighted by atomic mass is 10.1. The minimum Gasteiger partial charge on any atom is -0.488 e. The predicted molar refractivity (Wildman–Crippen MR) is 81.5 cm³/mol. The van der Waals surface area contributed by atoms with Crippen LogP contribution >= 0.6 is 0 Å². The second-order valence-electron chi connectivity index (χ2n) is 5.32. The largest absolute Gasteiger partial charge is 0.488 e. The predicted octanol–water partition coefficient (Wildman–Crippen LogP) is 0.142. The summed E-state index contributed by atoms with van der Waals surface area (Å²) in [6.45, 7) is 0.958. The van der Waals surface area contributed by atoms with Crippen molar-refractivity contribution in [3.8, 4) is 5.75 Å². The van der Waals surface area contributed by atoms with Crippen molar-refractivity contribution in [3.05, 3.63) is 57.1 Å². The summed E-state index contributed by atoms with van der Waals surface area (Å²) in [4.78, 5) is 45.0. The van der Waals surface area contributed by atoms with Crippen molar-refractivity contribution in [2.75, 3.05) is 13.1 Å². The van der Waals surface area contributed by atoms with Gasteiger partial charge < -0.3 is 14.6 Å². The number of aromatic nitrogens is 3. The second kappa shape index (κ2) is 6.47. The first kappa shape index (κ1) is 15.0. The molecular weight excluding hydrogens is 300 g/mol. The third-order valence-corrected chi connectivity index (χ3v) is 3.61. The topological polar surface area (TPSA) is 108 Å². The van der Waals surface area contributed by atoms with Crippen LogP contribution in [0.25, 0.3) is 0 Å². The molecule has 3 heterocycles. The van der Waals surface area contributed by atoms with E-state index < -0.39 is 11.2 Å². The van der Waals surface area contributed by atoms with E-state index in [0.717, 1.165) is 18.9 Å². The van der Waals surface area contributed by atoms with Crippen LogP contribution in [0.15, 0.2) is 40.2 Å². The molecule has 8 nitrogen and oxygen atoms in total. The van der Waals surface area contributed by atoms with Crippen molar-refractivity contribution in [2.45, 2.75) is 18.9 Å². The zero-order valence-electron chi connectivity index (χ0n) is 12.3. The van der Waals surface area contributed by atoms with Gasteiger partial charge in [-0.1, -0.05) is 0 Å². The van der Waals surface area contributed by atoms with E-state index in [0.29, 0.717) is 18.8 Å². The van der Waals surface area contributed by atoms with Gasteiger partial charge in [-0.25, -0.2) is 4.79 Å². The molecule has 1 unspecified atom stereocenters. The molecule has 2 N–H and O–H groups in total. The Balaban J connectivity index is 1.71. The number of nitrogens with zero attached hydrogens (tertiary/aromatic N) is 2. The fourth-order valence-corrected chi connectivity index (χ4v) is 2.58. The Labute approximate surface area is 131 Å². The van der Waals surface area contributed by atoms with Crippen molar-refractivity contribution in [1.82, 2.24) is 19.9 Å². The van der Waals surface area contributed by atoms with Crippen molar-refractivity contribution in [2.24, 2.45) is 0 Å². The molecule has 2 aromatic heterocycles. The summed E-state index contributed by atoms with van der Waals surface area (Å²) in [5.74, 6) is 0.320. The van der Waals surface area contributed by atoms with Gasteiger partial charge in [0, 0.05) is 25.0 Å². The zero-order chi connectivity index (χ0) is 16.2. The molecule has 23 heavy (non-hydrogen) atoms. The highest BCUT2D eigenvalue weighted by Crippen LogP contribution is 2.18. The lowest BCUT2D eigenvalue weighted by Crippen LogP contribution is -2.45. The fourth-order valence-electron chi connectivity index (χ4n) is 2.58. The number of carbonyl (C=O) groups is 1. The molecule has 0 radical (unpaired) electrons. The standard InChI is InChI=1S/C15H16N4O4/c20-13-8-12(17-15(22)18-13)14(21)19-7-1-2-11(9-19)23-10-3-5-16-6-4-10/h3-6,8,11H,1-2,7,9H2,(H2,17,18,20,22). The van der Waals surface area contributed by atoms with E-state index in [9.17, 15) is 14.4 Å². The number of hydrogen-bond acceptors (Lipinski definition) is 5. The van der Waals surface area contributed by atoms with Gasteiger partial charge in [0.1, 0.15) is 17.5 Å². The number of amides is 1. The van der Waals surface area contributed by atoms with Crippen molar-refractivity contribution in [3.63, 3.8) is 0 Å². The summed E-state index contributed by atoms with van der Waals surface area (Å²) in [5, 5.41) is 0. The van der Waals surface area contributed by atoms with E-state index in [4.69, 9.17) is 4.74 Å². The molecule has 1 saturated heterocycles. The maximum absolute atomic E-state index is 12.4. The fraction of sp³-hybridized carbons (Fsp3) is 0.333. The molecule has 0 saturated carbocycles. The Morgan fingerprint density at radius 3 is 2.78 bits per heavy atom. The molecule has 1 fully saturated rings. The van der Waals surface area contributed by atoms with Gasteiger partial charge in [-0.05, 0) is 25.0 Å². The number of carbonyl (C=O) groups excluding carboxylic acids is 1. The highest BCUT2D eigenvalue weighted by molar-refractivity contribution is 5.92. The number of piperidine rings is 1. The minimum atomic E-state index is -0.692. The van der Waals surface area contributed by atoms with Crippen LogP contribution in [0, 0.1) is 0 Å². The third-order valence-electron chi connectivity index (χ3n) is 3.61. The van der Waals surface area contributed by atoms with Gasteiger partial charge in [0.05, 0.1) is 6.54 Å². The molecule has 1 amide bonds. The van der Waals surface area contributed by atoms with Crippen LogP contribution in [0.5, 0.6) is 5.75 Å². The van der Waals surface area contributed by atoms with Gasteiger partial charge in [-0.2, -0.15) is 0 Å². The Kier molecular flexibility index (Phi) is 4.22. The first-order chi connectivity index (χ1) is 11.1. The van der Waals surface area contributed by atoms with Gasteiger partial charge in [0.25, 0.3) is 11.5 Å². The van der Waals surface area contributed by atoms with Crippen LogP contribution in [0.1, 0.15) is 23.3 Å². The molecule has 8 heteroatoms. The van der Waals surface area contributed by atoms with Crippen LogP contribution < -0.4 is 16.0 Å². The number of H-pyrrole nitrogens is 2. The summed E-state index contributed by atoms with van der Waals surface area (Å²) in [6.07, 6.45) is 4.76. The summed E-state index contributed by atoms with van der Waals surface area (Å²) in [6, 6.07) is 4.61. The Morgan fingerprint density at radius 2 is 2.04 bits per heavy atom. The van der Waals surface area contributed by atoms with Crippen molar-refractivity contribution < 1.29 is 9.53 Å². The molecule has 0 spiro atoms. The molecule has 1 aliphatic rings. The maximum Gasteiger partial charge on any atom is 0.326 e. The number of aromatic amines is 2. The summed E-state index contributed by atoms with van der Waals surface area (Å²) >= 11 is 0. The van der Waals surface area contributed by atoms with Crippen molar-refractivity contribution >= 4 is 5.91 Å². The molecule has 0 bridgehead atoms. The van der Waals surface area contributed by atoms with E-state index in [2.05, 4.69) is 9.97 Å². The summed E-state index contributed by atoms with van der Waals surface area (Å²) in [5.41, 5.74) is -1.30. The number of likely N-dealkylation sites (tertiary alicyclic amines) is 1. The monoisotopic (exact) mass is 316 g/mol. The van der Waals surface area contributed by atoms with Crippen LogP contribution in [-0.4, -0.2) is 45.0 Å². The van der Waals surface area contributed by atoms with Crippen molar-refractivity contribution in [1.29, 1.82) is 0 Å². The Hall–Kier alpha value is -2.90. The first-order valence-electron chi connectivity index (χ1n) is 7.31. The molecule has 1 aliphatic heterocycles. The van der Waals surface area contributed by atoms with Gasteiger partial charge in [-0.15, -0.1) is 0 Å². The Bertz CT molecular complexity index is 771. The van der Waals surface area contributed by atoms with Gasteiger partial charge >= 0.3 is 5.69 Å². The van der Waals surface area contributed by atoms with E-state index in [1.54, 1.807) is 29.4 Å². The molecule has 3 rings (SSSR count). The number of nitrogens with one attached hydrogen (secondary N) is 2. The van der Waals surface area contributed by atoms with Crippen LogP contribution in [0.3, 0.4) is 0 Å². The first-order valence-corrected chi connectivity index (χ1v) is 7.31. The summed E-state index contributed by atoms with van der Waals surface area (Å²) < 4.78 is 5.85. The lowest BCUT2D eigenvalue weighted by molar-refractivity contribution is 0.0532. The number of pyridine rings is 1. The smallest absolute Gasteiger partial charge is 0.326 e. The van der Waals surface area contributed by atoms with Crippen LogP contribution in [-0.2, 0) is 0 Å². The average Bonchev–Trinajstić information content (AvgIpc) is 2.54. The van der Waals surface area contributed by atoms with Gasteiger partial charge in [0.15, 0.2) is 0 Å². The van der Waals surface area contributed by atoms with E-state index in [1.165, 1.54) is 0 Å². The average molecular weight is 316 g/mol. The van der Waals surface area contributed by atoms with Crippen LogP contribution in [0.4, 0.5) is 0 Å². The molecule has 120 valence electrons. The maximum atomic E-state index is 12.4. The number of hydrogen-bond donors (Lipinski definition) is 2. The second-order valence-corrected chi connectivity index (χ2v) is 5.32. The van der Waals surface area contributed by atoms with Crippen LogP contribution in [0.2, 0.25) is 0 Å². The zero-order valence-corrected chi connectivity index (χ0v) is 12.3. The highest BCUT2D eigenvalue weighted by atomic mass is 16.5. The van der Waals surface area contributed by atoms with E-state index in [-0.39, 0.29) is 17.7 Å².